The average Bonchev–Trinajstić information content (AvgIpc) is 2.60. The van der Waals surface area contributed by atoms with Crippen molar-refractivity contribution in [1.29, 1.82) is 0 Å². The third-order valence-electron chi connectivity index (χ3n) is 4.54. The second-order valence-corrected chi connectivity index (χ2v) is 6.25. The number of hydrogen-bond donors (Lipinski definition) is 1. The first kappa shape index (κ1) is 14.4. The minimum Gasteiger partial charge on any atom is -0.353 e. The van der Waals surface area contributed by atoms with Gasteiger partial charge >= 0.3 is 0 Å². The normalized spacial score (nSPS) is 27.9. The predicted octanol–water partition coefficient (Wildman–Crippen LogP) is 2.32. The summed E-state index contributed by atoms with van der Waals surface area (Å²) in [5.74, 6) is 2.79. The lowest BCUT2D eigenvalue weighted by Gasteiger charge is -2.42. The number of piperidine rings is 1. The Hall–Kier alpha value is -1.03. The SMILES string of the molecule is CNCc1c(C)nn(C)c1N1CC(C)CC(C)C1C. The molecule has 0 radical (unpaired) electrons. The molecule has 1 fully saturated rings. The molecule has 19 heavy (non-hydrogen) atoms. The summed E-state index contributed by atoms with van der Waals surface area (Å²) in [4.78, 5) is 2.56. The van der Waals surface area contributed by atoms with Crippen molar-refractivity contribution in [3.63, 3.8) is 0 Å². The van der Waals surface area contributed by atoms with Crippen LogP contribution in [0.2, 0.25) is 0 Å². The molecule has 2 heterocycles. The van der Waals surface area contributed by atoms with Crippen LogP contribution in [0, 0.1) is 18.8 Å². The van der Waals surface area contributed by atoms with Crippen LogP contribution in [-0.2, 0) is 13.6 Å². The maximum atomic E-state index is 4.62. The Labute approximate surface area is 117 Å². The van der Waals surface area contributed by atoms with Crippen LogP contribution in [0.5, 0.6) is 0 Å². The van der Waals surface area contributed by atoms with Gasteiger partial charge in [0, 0.05) is 31.7 Å². The van der Waals surface area contributed by atoms with E-state index in [-0.39, 0.29) is 0 Å². The van der Waals surface area contributed by atoms with Crippen LogP contribution in [0.25, 0.3) is 0 Å². The largest absolute Gasteiger partial charge is 0.353 e. The molecule has 3 unspecified atom stereocenters. The van der Waals surface area contributed by atoms with E-state index in [1.807, 2.05) is 7.05 Å². The van der Waals surface area contributed by atoms with Gasteiger partial charge in [0.1, 0.15) is 5.82 Å². The van der Waals surface area contributed by atoms with Gasteiger partial charge in [-0.25, -0.2) is 0 Å². The van der Waals surface area contributed by atoms with Gasteiger partial charge in [0.05, 0.1) is 5.69 Å². The van der Waals surface area contributed by atoms with E-state index >= 15 is 0 Å². The van der Waals surface area contributed by atoms with E-state index in [4.69, 9.17) is 0 Å². The molecular formula is C15H28N4. The zero-order valence-corrected chi connectivity index (χ0v) is 13.2. The van der Waals surface area contributed by atoms with Gasteiger partial charge < -0.3 is 10.2 Å². The molecular weight excluding hydrogens is 236 g/mol. The summed E-state index contributed by atoms with van der Waals surface area (Å²) in [7, 11) is 4.07. The minimum atomic E-state index is 0.585. The van der Waals surface area contributed by atoms with Crippen molar-refractivity contribution in [2.75, 3.05) is 18.5 Å². The molecule has 1 N–H and O–H groups in total. The lowest BCUT2D eigenvalue weighted by atomic mass is 9.86. The second kappa shape index (κ2) is 5.53. The smallest absolute Gasteiger partial charge is 0.131 e. The van der Waals surface area contributed by atoms with Crippen molar-refractivity contribution in [1.82, 2.24) is 15.1 Å². The quantitative estimate of drug-likeness (QED) is 0.909. The molecule has 0 aliphatic carbocycles. The van der Waals surface area contributed by atoms with Crippen molar-refractivity contribution >= 4 is 5.82 Å². The van der Waals surface area contributed by atoms with E-state index in [1.165, 1.54) is 17.8 Å². The number of nitrogens with zero attached hydrogens (tertiary/aromatic N) is 3. The molecule has 0 amide bonds. The fourth-order valence-electron chi connectivity index (χ4n) is 3.43. The van der Waals surface area contributed by atoms with Gasteiger partial charge in [-0.1, -0.05) is 13.8 Å². The highest BCUT2D eigenvalue weighted by Gasteiger charge is 2.32. The zero-order chi connectivity index (χ0) is 14.2. The van der Waals surface area contributed by atoms with E-state index in [0.717, 1.165) is 30.6 Å². The maximum Gasteiger partial charge on any atom is 0.131 e. The van der Waals surface area contributed by atoms with E-state index in [2.05, 4.69) is 54.7 Å². The molecule has 4 heteroatoms. The third kappa shape index (κ3) is 2.64. The molecule has 108 valence electrons. The maximum absolute atomic E-state index is 4.62. The van der Waals surface area contributed by atoms with Crippen LogP contribution in [0.1, 0.15) is 38.4 Å². The minimum absolute atomic E-state index is 0.585. The van der Waals surface area contributed by atoms with Gasteiger partial charge in [0.2, 0.25) is 0 Å². The predicted molar refractivity (Wildman–Crippen MR) is 80.5 cm³/mol. The fraction of sp³-hybridized carbons (Fsp3) is 0.800. The van der Waals surface area contributed by atoms with Crippen LogP contribution in [0.15, 0.2) is 0 Å². The van der Waals surface area contributed by atoms with Gasteiger partial charge in [0.15, 0.2) is 0 Å². The standard InChI is InChI=1S/C15H28N4/c1-10-7-11(2)13(4)19(9-10)15-14(8-16-5)12(3)17-18(15)6/h10-11,13,16H,7-9H2,1-6H3. The number of nitrogens with one attached hydrogen (secondary N) is 1. The average molecular weight is 264 g/mol. The number of rotatable bonds is 3. The van der Waals surface area contributed by atoms with Crippen LogP contribution >= 0.6 is 0 Å². The molecule has 2 rings (SSSR count). The Morgan fingerprint density at radius 1 is 1.32 bits per heavy atom. The molecule has 3 atom stereocenters. The van der Waals surface area contributed by atoms with Crippen molar-refractivity contribution in [2.45, 2.75) is 46.7 Å². The van der Waals surface area contributed by atoms with Crippen LogP contribution < -0.4 is 10.2 Å². The first-order chi connectivity index (χ1) is 8.95. The number of aryl methyl sites for hydroxylation is 2. The monoisotopic (exact) mass is 264 g/mol. The van der Waals surface area contributed by atoms with Crippen LogP contribution in [0.4, 0.5) is 5.82 Å². The number of hydrogen-bond acceptors (Lipinski definition) is 3. The summed E-state index contributed by atoms with van der Waals surface area (Å²) < 4.78 is 2.06. The molecule has 0 saturated carbocycles. The molecule has 0 bridgehead atoms. The van der Waals surface area contributed by atoms with Crippen molar-refractivity contribution in [3.8, 4) is 0 Å². The summed E-state index contributed by atoms with van der Waals surface area (Å²) in [6.45, 7) is 11.2. The Bertz CT molecular complexity index is 438. The van der Waals surface area contributed by atoms with Gasteiger partial charge in [-0.2, -0.15) is 5.10 Å². The first-order valence-electron chi connectivity index (χ1n) is 7.39. The van der Waals surface area contributed by atoms with Gasteiger partial charge in [-0.15, -0.1) is 0 Å². The van der Waals surface area contributed by atoms with Crippen molar-refractivity contribution in [3.05, 3.63) is 11.3 Å². The molecule has 1 aromatic rings. The van der Waals surface area contributed by atoms with Crippen LogP contribution in [-0.4, -0.2) is 29.4 Å². The molecule has 0 spiro atoms. The number of aromatic nitrogens is 2. The van der Waals surface area contributed by atoms with E-state index in [0.29, 0.717) is 6.04 Å². The Morgan fingerprint density at radius 2 is 2.00 bits per heavy atom. The highest BCUT2D eigenvalue weighted by Crippen LogP contribution is 2.33. The first-order valence-corrected chi connectivity index (χ1v) is 7.39. The third-order valence-corrected chi connectivity index (χ3v) is 4.54. The topological polar surface area (TPSA) is 33.1 Å². The summed E-state index contributed by atoms with van der Waals surface area (Å²) >= 11 is 0. The second-order valence-electron chi connectivity index (χ2n) is 6.25. The molecule has 4 nitrogen and oxygen atoms in total. The summed E-state index contributed by atoms with van der Waals surface area (Å²) in [5.41, 5.74) is 2.49. The Balaban J connectivity index is 2.39. The highest BCUT2D eigenvalue weighted by molar-refractivity contribution is 5.51. The zero-order valence-electron chi connectivity index (χ0n) is 13.2. The molecule has 0 aromatic carbocycles. The molecule has 1 saturated heterocycles. The molecule has 1 aliphatic heterocycles. The Morgan fingerprint density at radius 3 is 2.63 bits per heavy atom. The van der Waals surface area contributed by atoms with Gasteiger partial charge in [-0.05, 0) is 39.2 Å². The summed E-state index contributed by atoms with van der Waals surface area (Å²) in [6.07, 6.45) is 1.33. The van der Waals surface area contributed by atoms with Gasteiger partial charge in [0.25, 0.3) is 0 Å². The van der Waals surface area contributed by atoms with E-state index in [1.54, 1.807) is 0 Å². The van der Waals surface area contributed by atoms with Gasteiger partial charge in [-0.3, -0.25) is 4.68 Å². The lowest BCUT2D eigenvalue weighted by Crippen LogP contribution is -2.47. The van der Waals surface area contributed by atoms with Crippen molar-refractivity contribution in [2.24, 2.45) is 18.9 Å². The summed E-state index contributed by atoms with van der Waals surface area (Å²) in [5, 5.41) is 7.90. The van der Waals surface area contributed by atoms with E-state index in [9.17, 15) is 0 Å². The lowest BCUT2D eigenvalue weighted by molar-refractivity contribution is 0.293. The summed E-state index contributed by atoms with van der Waals surface area (Å²) in [6, 6.07) is 0.585. The molecule has 1 aliphatic rings. The Kier molecular flexibility index (Phi) is 4.19. The fourth-order valence-corrected chi connectivity index (χ4v) is 3.43. The van der Waals surface area contributed by atoms with Crippen molar-refractivity contribution < 1.29 is 0 Å². The number of anilines is 1. The van der Waals surface area contributed by atoms with E-state index < -0.39 is 0 Å². The van der Waals surface area contributed by atoms with Crippen LogP contribution in [0.3, 0.4) is 0 Å². The highest BCUT2D eigenvalue weighted by atomic mass is 15.4. The molecule has 1 aromatic heterocycles.